The molecule has 0 saturated heterocycles. The molecule has 0 fully saturated rings. The van der Waals surface area contributed by atoms with Gasteiger partial charge in [-0.25, -0.2) is 23.1 Å². The van der Waals surface area contributed by atoms with Gasteiger partial charge < -0.3 is 5.32 Å². The van der Waals surface area contributed by atoms with Crippen molar-refractivity contribution in [2.45, 2.75) is 0 Å². The van der Waals surface area contributed by atoms with E-state index in [4.69, 9.17) is 0 Å². The normalized spacial score (nSPS) is 11.0. The van der Waals surface area contributed by atoms with Gasteiger partial charge in [-0.3, -0.25) is 4.98 Å². The monoisotopic (exact) mass is 366 g/mol. The van der Waals surface area contributed by atoms with Gasteiger partial charge in [0.25, 0.3) is 0 Å². The lowest BCUT2D eigenvalue weighted by atomic mass is 10.0. The highest BCUT2D eigenvalue weighted by atomic mass is 19.2. The number of hydrogen-bond acceptors (Lipinski definition) is 4. The first-order valence-corrected chi connectivity index (χ1v) is 8.12. The molecule has 1 N–H and O–H groups in total. The average Bonchev–Trinajstić information content (AvgIpc) is 2.71. The molecule has 4 aromatic rings. The standard InChI is InChI=1S/C20H13F3N4/c1-24-20-14-9-11(13-5-6-15(21)18(23)17(13)22)4-7-16(14)26-19(27-20)12-3-2-8-25-10-12/h2-10H,1H3,(H,24,26,27). The molecule has 0 radical (unpaired) electrons. The van der Waals surface area contributed by atoms with Gasteiger partial charge in [-0.1, -0.05) is 6.07 Å². The van der Waals surface area contributed by atoms with Crippen LogP contribution in [-0.4, -0.2) is 22.0 Å². The predicted molar refractivity (Wildman–Crippen MR) is 97.6 cm³/mol. The molecule has 0 atom stereocenters. The van der Waals surface area contributed by atoms with Crippen molar-refractivity contribution in [3.63, 3.8) is 0 Å². The van der Waals surface area contributed by atoms with Gasteiger partial charge in [0.15, 0.2) is 23.3 Å². The minimum Gasteiger partial charge on any atom is -0.373 e. The molecule has 0 bridgehead atoms. The number of rotatable bonds is 3. The molecule has 27 heavy (non-hydrogen) atoms. The summed E-state index contributed by atoms with van der Waals surface area (Å²) < 4.78 is 40.9. The van der Waals surface area contributed by atoms with Gasteiger partial charge >= 0.3 is 0 Å². The Balaban J connectivity index is 1.90. The Bertz CT molecular complexity index is 1150. The fourth-order valence-corrected chi connectivity index (χ4v) is 2.86. The Morgan fingerprint density at radius 2 is 1.74 bits per heavy atom. The molecule has 0 unspecified atom stereocenters. The van der Waals surface area contributed by atoms with Crippen molar-refractivity contribution in [3.05, 3.63) is 72.3 Å². The zero-order valence-corrected chi connectivity index (χ0v) is 14.2. The Labute approximate surface area is 152 Å². The maximum atomic E-state index is 14.1. The van der Waals surface area contributed by atoms with Crippen molar-refractivity contribution >= 4 is 16.7 Å². The summed E-state index contributed by atoms with van der Waals surface area (Å²) in [6, 6.07) is 10.7. The number of fused-ring (bicyclic) bond motifs is 1. The van der Waals surface area contributed by atoms with E-state index in [9.17, 15) is 13.2 Å². The van der Waals surface area contributed by atoms with Gasteiger partial charge in [-0.2, -0.15) is 0 Å². The van der Waals surface area contributed by atoms with E-state index >= 15 is 0 Å². The first kappa shape index (κ1) is 17.0. The third-order valence-corrected chi connectivity index (χ3v) is 4.20. The molecule has 2 aromatic heterocycles. The van der Waals surface area contributed by atoms with E-state index in [1.807, 2.05) is 6.07 Å². The van der Waals surface area contributed by atoms with E-state index in [-0.39, 0.29) is 5.56 Å². The fourth-order valence-electron chi connectivity index (χ4n) is 2.86. The van der Waals surface area contributed by atoms with Crippen LogP contribution < -0.4 is 5.32 Å². The third kappa shape index (κ3) is 2.97. The summed E-state index contributed by atoms with van der Waals surface area (Å²) in [5.74, 6) is -2.93. The van der Waals surface area contributed by atoms with Crippen molar-refractivity contribution in [3.8, 4) is 22.5 Å². The summed E-state index contributed by atoms with van der Waals surface area (Å²) >= 11 is 0. The lowest BCUT2D eigenvalue weighted by Gasteiger charge is -2.11. The Morgan fingerprint density at radius 3 is 2.48 bits per heavy atom. The van der Waals surface area contributed by atoms with E-state index in [1.165, 1.54) is 6.07 Å². The highest BCUT2D eigenvalue weighted by molar-refractivity contribution is 5.93. The number of benzene rings is 2. The zero-order chi connectivity index (χ0) is 19.0. The molecule has 2 aromatic carbocycles. The summed E-state index contributed by atoms with van der Waals surface area (Å²) in [6.07, 6.45) is 3.32. The SMILES string of the molecule is CNc1nc(-c2cccnc2)nc2ccc(-c3ccc(F)c(F)c3F)cc12. The Hall–Kier alpha value is -3.48. The van der Waals surface area contributed by atoms with Crippen LogP contribution in [0.15, 0.2) is 54.9 Å². The molecule has 0 amide bonds. The zero-order valence-electron chi connectivity index (χ0n) is 14.2. The van der Waals surface area contributed by atoms with Crippen LogP contribution in [0.3, 0.4) is 0 Å². The van der Waals surface area contributed by atoms with Crippen molar-refractivity contribution < 1.29 is 13.2 Å². The van der Waals surface area contributed by atoms with Crippen LogP contribution in [0.25, 0.3) is 33.4 Å². The second-order valence-electron chi connectivity index (χ2n) is 5.84. The summed E-state index contributed by atoms with van der Waals surface area (Å²) in [5.41, 5.74) is 1.74. The smallest absolute Gasteiger partial charge is 0.195 e. The molecule has 134 valence electrons. The van der Waals surface area contributed by atoms with Gasteiger partial charge in [0.2, 0.25) is 0 Å². The summed E-state index contributed by atoms with van der Waals surface area (Å²) in [7, 11) is 1.71. The van der Waals surface area contributed by atoms with Crippen LogP contribution in [-0.2, 0) is 0 Å². The second-order valence-corrected chi connectivity index (χ2v) is 5.84. The second kappa shape index (κ2) is 6.68. The number of anilines is 1. The molecule has 0 aliphatic carbocycles. The molecule has 2 heterocycles. The first-order valence-electron chi connectivity index (χ1n) is 8.12. The van der Waals surface area contributed by atoms with Crippen molar-refractivity contribution in [1.29, 1.82) is 0 Å². The van der Waals surface area contributed by atoms with Crippen LogP contribution in [0, 0.1) is 17.5 Å². The summed E-state index contributed by atoms with van der Waals surface area (Å²) in [6.45, 7) is 0. The molecule has 0 spiro atoms. The van der Waals surface area contributed by atoms with Crippen molar-refractivity contribution in [2.24, 2.45) is 0 Å². The van der Waals surface area contributed by atoms with Crippen molar-refractivity contribution in [1.82, 2.24) is 15.0 Å². The van der Waals surface area contributed by atoms with E-state index < -0.39 is 17.5 Å². The van der Waals surface area contributed by atoms with Gasteiger partial charge in [-0.15, -0.1) is 0 Å². The average molecular weight is 366 g/mol. The van der Waals surface area contributed by atoms with Crippen LogP contribution >= 0.6 is 0 Å². The lowest BCUT2D eigenvalue weighted by molar-refractivity contribution is 0.449. The van der Waals surface area contributed by atoms with E-state index in [0.29, 0.717) is 28.1 Å². The first-order chi connectivity index (χ1) is 13.1. The summed E-state index contributed by atoms with van der Waals surface area (Å²) in [5, 5.41) is 3.63. The minimum absolute atomic E-state index is 0.0332. The molecule has 7 heteroatoms. The number of hydrogen-bond donors (Lipinski definition) is 1. The van der Waals surface area contributed by atoms with Gasteiger partial charge in [0, 0.05) is 36.0 Å². The highest BCUT2D eigenvalue weighted by Crippen LogP contribution is 2.31. The number of pyridine rings is 1. The minimum atomic E-state index is -1.50. The molecule has 0 aliphatic heterocycles. The maximum absolute atomic E-state index is 14.1. The van der Waals surface area contributed by atoms with E-state index in [0.717, 1.165) is 11.6 Å². The predicted octanol–water partition coefficient (Wildman–Crippen LogP) is 4.82. The third-order valence-electron chi connectivity index (χ3n) is 4.20. The van der Waals surface area contributed by atoms with Gasteiger partial charge in [-0.05, 0) is 42.0 Å². The highest BCUT2D eigenvalue weighted by Gasteiger charge is 2.16. The molecular weight excluding hydrogens is 353 g/mol. The van der Waals surface area contributed by atoms with Crippen LogP contribution in [0.1, 0.15) is 0 Å². The van der Waals surface area contributed by atoms with Gasteiger partial charge in [0.05, 0.1) is 5.52 Å². The summed E-state index contributed by atoms with van der Waals surface area (Å²) in [4.78, 5) is 13.1. The van der Waals surface area contributed by atoms with Crippen LogP contribution in [0.4, 0.5) is 19.0 Å². The quantitative estimate of drug-likeness (QED) is 0.528. The Kier molecular flexibility index (Phi) is 4.19. The number of halogens is 3. The van der Waals surface area contributed by atoms with E-state index in [2.05, 4.69) is 20.3 Å². The Morgan fingerprint density at radius 1 is 0.889 bits per heavy atom. The molecule has 0 aliphatic rings. The number of nitrogens with one attached hydrogen (secondary N) is 1. The fraction of sp³-hybridized carbons (Fsp3) is 0.0500. The molecule has 0 saturated carbocycles. The van der Waals surface area contributed by atoms with Crippen molar-refractivity contribution in [2.75, 3.05) is 12.4 Å². The topological polar surface area (TPSA) is 50.7 Å². The number of nitrogens with zero attached hydrogens (tertiary/aromatic N) is 3. The molecule has 4 nitrogen and oxygen atoms in total. The van der Waals surface area contributed by atoms with E-state index in [1.54, 1.807) is 43.7 Å². The molecular formula is C20H13F3N4. The molecule has 4 rings (SSSR count). The van der Waals surface area contributed by atoms with Crippen LogP contribution in [0.5, 0.6) is 0 Å². The maximum Gasteiger partial charge on any atom is 0.195 e. The number of aromatic nitrogens is 3. The van der Waals surface area contributed by atoms with Crippen LogP contribution in [0.2, 0.25) is 0 Å². The largest absolute Gasteiger partial charge is 0.373 e. The van der Waals surface area contributed by atoms with Gasteiger partial charge in [0.1, 0.15) is 5.82 Å². The lowest BCUT2D eigenvalue weighted by Crippen LogP contribution is -2.00.